The third-order valence-electron chi connectivity index (χ3n) is 2.60. The van der Waals surface area contributed by atoms with Gasteiger partial charge in [-0.15, -0.1) is 0 Å². The summed E-state index contributed by atoms with van der Waals surface area (Å²) in [6.45, 7) is 6.27. The Morgan fingerprint density at radius 3 is 2.62 bits per heavy atom. The van der Waals surface area contributed by atoms with Gasteiger partial charge in [0.1, 0.15) is 5.82 Å². The number of halogens is 1. The Labute approximate surface area is 96.7 Å². The zero-order valence-corrected chi connectivity index (χ0v) is 10.0. The van der Waals surface area contributed by atoms with Crippen LogP contribution in [0, 0.1) is 12.7 Å². The van der Waals surface area contributed by atoms with Crippen molar-refractivity contribution in [3.63, 3.8) is 0 Å². The third kappa shape index (κ3) is 3.91. The first-order valence-electron chi connectivity index (χ1n) is 5.75. The maximum absolute atomic E-state index is 13.3. The molecular weight excluding hydrogens is 205 g/mol. The summed E-state index contributed by atoms with van der Waals surface area (Å²) >= 11 is 0. The van der Waals surface area contributed by atoms with Gasteiger partial charge >= 0.3 is 0 Å². The first-order valence-corrected chi connectivity index (χ1v) is 5.75. The molecule has 1 aromatic rings. The van der Waals surface area contributed by atoms with Gasteiger partial charge in [0.2, 0.25) is 0 Å². The van der Waals surface area contributed by atoms with Gasteiger partial charge in [0, 0.05) is 13.1 Å². The number of aliphatic hydroxyl groups is 1. The summed E-state index contributed by atoms with van der Waals surface area (Å²) in [6.07, 6.45) is 1.04. The lowest BCUT2D eigenvalue weighted by Crippen LogP contribution is -2.27. The van der Waals surface area contributed by atoms with E-state index in [4.69, 9.17) is 5.11 Å². The first kappa shape index (κ1) is 13.1. The van der Waals surface area contributed by atoms with Gasteiger partial charge in [0.05, 0.1) is 6.61 Å². The molecule has 16 heavy (non-hydrogen) atoms. The van der Waals surface area contributed by atoms with E-state index in [0.717, 1.165) is 18.5 Å². The standard InChI is InChI=1S/C13H20FNO/c1-3-6-15(7-8-16)10-12-5-4-11(2)13(14)9-12/h4-5,9,16H,3,6-8,10H2,1-2H3. The predicted octanol–water partition coefficient (Wildman–Crippen LogP) is 2.34. The fourth-order valence-corrected chi connectivity index (χ4v) is 1.72. The highest BCUT2D eigenvalue weighted by Crippen LogP contribution is 2.11. The molecule has 0 atom stereocenters. The average Bonchev–Trinajstić information content (AvgIpc) is 2.24. The zero-order valence-electron chi connectivity index (χ0n) is 10.0. The van der Waals surface area contributed by atoms with Gasteiger partial charge in [-0.25, -0.2) is 4.39 Å². The van der Waals surface area contributed by atoms with Crippen molar-refractivity contribution in [2.75, 3.05) is 19.7 Å². The number of aryl methyl sites for hydroxylation is 1. The van der Waals surface area contributed by atoms with E-state index in [2.05, 4.69) is 11.8 Å². The third-order valence-corrected chi connectivity index (χ3v) is 2.60. The fourth-order valence-electron chi connectivity index (χ4n) is 1.72. The van der Waals surface area contributed by atoms with Crippen LogP contribution >= 0.6 is 0 Å². The molecule has 1 rings (SSSR count). The van der Waals surface area contributed by atoms with Crippen LogP contribution in [0.5, 0.6) is 0 Å². The van der Waals surface area contributed by atoms with Crippen molar-refractivity contribution >= 4 is 0 Å². The first-order chi connectivity index (χ1) is 7.67. The van der Waals surface area contributed by atoms with E-state index >= 15 is 0 Å². The lowest BCUT2D eigenvalue weighted by Gasteiger charge is -2.20. The number of hydrogen-bond donors (Lipinski definition) is 1. The molecule has 0 aliphatic rings. The van der Waals surface area contributed by atoms with Crippen LogP contribution in [-0.4, -0.2) is 29.7 Å². The minimum atomic E-state index is -0.155. The van der Waals surface area contributed by atoms with Crippen LogP contribution in [0.2, 0.25) is 0 Å². The summed E-state index contributed by atoms with van der Waals surface area (Å²) in [5.74, 6) is -0.155. The molecule has 3 heteroatoms. The van der Waals surface area contributed by atoms with Crippen molar-refractivity contribution in [2.24, 2.45) is 0 Å². The molecule has 0 amide bonds. The Morgan fingerprint density at radius 2 is 2.06 bits per heavy atom. The summed E-state index contributed by atoms with van der Waals surface area (Å²) in [7, 11) is 0. The number of benzene rings is 1. The summed E-state index contributed by atoms with van der Waals surface area (Å²) in [5.41, 5.74) is 1.64. The van der Waals surface area contributed by atoms with Crippen LogP contribution < -0.4 is 0 Å². The maximum atomic E-state index is 13.3. The highest BCUT2D eigenvalue weighted by molar-refractivity contribution is 5.23. The van der Waals surface area contributed by atoms with Crippen molar-refractivity contribution in [3.05, 3.63) is 35.1 Å². The molecule has 0 saturated carbocycles. The number of nitrogens with zero attached hydrogens (tertiary/aromatic N) is 1. The van der Waals surface area contributed by atoms with Crippen LogP contribution in [0.25, 0.3) is 0 Å². The second-order valence-electron chi connectivity index (χ2n) is 4.08. The van der Waals surface area contributed by atoms with Crippen molar-refractivity contribution in [2.45, 2.75) is 26.8 Å². The summed E-state index contributed by atoms with van der Waals surface area (Å²) in [4.78, 5) is 2.13. The fraction of sp³-hybridized carbons (Fsp3) is 0.538. The minimum absolute atomic E-state index is 0.147. The molecule has 0 spiro atoms. The van der Waals surface area contributed by atoms with Gasteiger partial charge in [-0.1, -0.05) is 19.1 Å². The lowest BCUT2D eigenvalue weighted by atomic mass is 10.1. The monoisotopic (exact) mass is 225 g/mol. The molecule has 2 nitrogen and oxygen atoms in total. The van der Waals surface area contributed by atoms with Crippen LogP contribution in [0.3, 0.4) is 0 Å². The molecule has 0 fully saturated rings. The summed E-state index contributed by atoms with van der Waals surface area (Å²) in [6, 6.07) is 5.32. The number of aliphatic hydroxyl groups excluding tert-OH is 1. The molecule has 0 heterocycles. The normalized spacial score (nSPS) is 11.1. The molecule has 90 valence electrons. The Bertz CT molecular complexity index is 322. The molecule has 0 aromatic heterocycles. The van der Waals surface area contributed by atoms with Gasteiger partial charge < -0.3 is 5.11 Å². The highest BCUT2D eigenvalue weighted by Gasteiger charge is 2.06. The summed E-state index contributed by atoms with van der Waals surface area (Å²) < 4.78 is 13.3. The summed E-state index contributed by atoms with van der Waals surface area (Å²) in [5, 5.41) is 8.92. The predicted molar refractivity (Wildman–Crippen MR) is 63.8 cm³/mol. The highest BCUT2D eigenvalue weighted by atomic mass is 19.1. The van der Waals surface area contributed by atoms with Crippen molar-refractivity contribution in [3.8, 4) is 0 Å². The van der Waals surface area contributed by atoms with E-state index in [0.29, 0.717) is 18.7 Å². The van der Waals surface area contributed by atoms with Crippen LogP contribution in [-0.2, 0) is 6.54 Å². The second kappa shape index (κ2) is 6.61. The minimum Gasteiger partial charge on any atom is -0.395 e. The van der Waals surface area contributed by atoms with Gasteiger partial charge in [-0.3, -0.25) is 4.90 Å². The molecule has 0 aliphatic carbocycles. The SMILES string of the molecule is CCCN(CCO)Cc1ccc(C)c(F)c1. The molecule has 1 N–H and O–H groups in total. The second-order valence-corrected chi connectivity index (χ2v) is 4.08. The van der Waals surface area contributed by atoms with E-state index in [1.54, 1.807) is 19.1 Å². The smallest absolute Gasteiger partial charge is 0.126 e. The maximum Gasteiger partial charge on any atom is 0.126 e. The van der Waals surface area contributed by atoms with Gasteiger partial charge in [0.25, 0.3) is 0 Å². The van der Waals surface area contributed by atoms with Crippen LogP contribution in [0.1, 0.15) is 24.5 Å². The van der Waals surface area contributed by atoms with E-state index in [1.165, 1.54) is 0 Å². The number of hydrogen-bond acceptors (Lipinski definition) is 2. The quantitative estimate of drug-likeness (QED) is 0.803. The van der Waals surface area contributed by atoms with Crippen LogP contribution in [0.4, 0.5) is 4.39 Å². The van der Waals surface area contributed by atoms with E-state index in [9.17, 15) is 4.39 Å². The number of rotatable bonds is 6. The van der Waals surface area contributed by atoms with Crippen molar-refractivity contribution < 1.29 is 9.50 Å². The molecular formula is C13H20FNO. The van der Waals surface area contributed by atoms with Crippen molar-refractivity contribution in [1.29, 1.82) is 0 Å². The molecule has 0 bridgehead atoms. The Hall–Kier alpha value is -0.930. The van der Waals surface area contributed by atoms with E-state index in [1.807, 2.05) is 6.07 Å². The van der Waals surface area contributed by atoms with Gasteiger partial charge in [-0.2, -0.15) is 0 Å². The lowest BCUT2D eigenvalue weighted by molar-refractivity contribution is 0.190. The van der Waals surface area contributed by atoms with Gasteiger partial charge in [-0.05, 0) is 37.1 Å². The van der Waals surface area contributed by atoms with Crippen LogP contribution in [0.15, 0.2) is 18.2 Å². The topological polar surface area (TPSA) is 23.5 Å². The Morgan fingerprint density at radius 1 is 1.31 bits per heavy atom. The molecule has 1 aromatic carbocycles. The Kier molecular flexibility index (Phi) is 5.43. The molecule has 0 radical (unpaired) electrons. The van der Waals surface area contributed by atoms with Crippen molar-refractivity contribution in [1.82, 2.24) is 4.90 Å². The molecule has 0 aliphatic heterocycles. The van der Waals surface area contributed by atoms with E-state index < -0.39 is 0 Å². The largest absolute Gasteiger partial charge is 0.395 e. The zero-order chi connectivity index (χ0) is 12.0. The molecule has 0 saturated heterocycles. The molecule has 0 unspecified atom stereocenters. The van der Waals surface area contributed by atoms with E-state index in [-0.39, 0.29) is 12.4 Å². The van der Waals surface area contributed by atoms with Gasteiger partial charge in [0.15, 0.2) is 0 Å². The Balaban J connectivity index is 2.65. The average molecular weight is 225 g/mol.